The van der Waals surface area contributed by atoms with E-state index in [0.717, 1.165) is 38.1 Å². The fourth-order valence-corrected chi connectivity index (χ4v) is 5.07. The molecule has 0 saturated heterocycles. The van der Waals surface area contributed by atoms with Gasteiger partial charge >= 0.3 is 0 Å². The fraction of sp³-hybridized carbons (Fsp3) is 0.148. The van der Waals surface area contributed by atoms with Crippen LogP contribution in [0.3, 0.4) is 0 Å². The number of pyridine rings is 1. The first-order valence-electron chi connectivity index (χ1n) is 11.2. The number of nitrogens with one attached hydrogen (secondary N) is 1. The minimum Gasteiger partial charge on any atom is -0.469 e. The third-order valence-corrected chi connectivity index (χ3v) is 7.02. The Kier molecular flexibility index (Phi) is 7.16. The summed E-state index contributed by atoms with van der Waals surface area (Å²) in [5.41, 5.74) is 4.62. The Morgan fingerprint density at radius 1 is 1.06 bits per heavy atom. The Morgan fingerprint density at radius 2 is 1.91 bits per heavy atom. The first-order valence-corrected chi connectivity index (χ1v) is 12.6. The number of thioether (sulfide) groups is 1. The van der Waals surface area contributed by atoms with Gasteiger partial charge in [0.25, 0.3) is 5.91 Å². The maximum absolute atomic E-state index is 12.5. The van der Waals surface area contributed by atoms with Crippen molar-refractivity contribution in [1.29, 1.82) is 0 Å². The summed E-state index contributed by atoms with van der Waals surface area (Å²) in [5.74, 6) is 1.47. The Hall–Kier alpha value is -3.55. The lowest BCUT2D eigenvalue weighted by molar-refractivity contribution is 0.0953. The molecule has 0 spiro atoms. The van der Waals surface area contributed by atoms with E-state index >= 15 is 0 Å². The average molecular weight is 503 g/mol. The number of imidazole rings is 1. The molecule has 176 valence electrons. The van der Waals surface area contributed by atoms with Crippen LogP contribution < -0.4 is 5.32 Å². The van der Waals surface area contributed by atoms with E-state index in [2.05, 4.69) is 14.9 Å². The van der Waals surface area contributed by atoms with Gasteiger partial charge in [-0.1, -0.05) is 53.7 Å². The third-order valence-electron chi connectivity index (χ3n) is 5.62. The molecule has 0 bridgehead atoms. The molecule has 0 saturated carbocycles. The zero-order valence-electron chi connectivity index (χ0n) is 18.9. The molecule has 5 rings (SSSR count). The Labute approximate surface area is 212 Å². The summed E-state index contributed by atoms with van der Waals surface area (Å²) in [6.07, 6.45) is 5.88. The van der Waals surface area contributed by atoms with E-state index in [1.54, 1.807) is 24.2 Å². The lowest BCUT2D eigenvalue weighted by atomic mass is 10.1. The minimum absolute atomic E-state index is 0.101. The summed E-state index contributed by atoms with van der Waals surface area (Å²) in [7, 11) is 0. The van der Waals surface area contributed by atoms with Crippen LogP contribution in [0.2, 0.25) is 5.02 Å². The van der Waals surface area contributed by atoms with Gasteiger partial charge in [-0.2, -0.15) is 0 Å². The number of benzene rings is 2. The van der Waals surface area contributed by atoms with Crippen molar-refractivity contribution in [1.82, 2.24) is 19.9 Å². The van der Waals surface area contributed by atoms with Gasteiger partial charge in [0.15, 0.2) is 5.16 Å². The lowest BCUT2D eigenvalue weighted by Gasteiger charge is -2.10. The molecule has 35 heavy (non-hydrogen) atoms. The molecular weight excluding hydrogens is 480 g/mol. The van der Waals surface area contributed by atoms with Crippen molar-refractivity contribution in [3.8, 4) is 0 Å². The van der Waals surface area contributed by atoms with E-state index in [0.29, 0.717) is 30.8 Å². The van der Waals surface area contributed by atoms with E-state index in [-0.39, 0.29) is 5.91 Å². The van der Waals surface area contributed by atoms with Crippen LogP contribution in [0.5, 0.6) is 0 Å². The van der Waals surface area contributed by atoms with Gasteiger partial charge < -0.3 is 14.3 Å². The Morgan fingerprint density at radius 3 is 2.71 bits per heavy atom. The number of hydrogen-bond acceptors (Lipinski definition) is 5. The first kappa shape index (κ1) is 23.2. The van der Waals surface area contributed by atoms with Gasteiger partial charge in [0.2, 0.25) is 0 Å². The van der Waals surface area contributed by atoms with Gasteiger partial charge in [-0.3, -0.25) is 9.78 Å². The molecule has 6 nitrogen and oxygen atoms in total. The number of furan rings is 1. The van der Waals surface area contributed by atoms with Crippen molar-refractivity contribution in [3.05, 3.63) is 113 Å². The maximum Gasteiger partial charge on any atom is 0.251 e. The zero-order valence-corrected chi connectivity index (χ0v) is 20.4. The van der Waals surface area contributed by atoms with Crippen molar-refractivity contribution < 1.29 is 9.21 Å². The summed E-state index contributed by atoms with van der Waals surface area (Å²) in [6, 6.07) is 21.2. The molecule has 0 unspecified atom stereocenters. The molecule has 2 aromatic carbocycles. The Bertz CT molecular complexity index is 1430. The smallest absolute Gasteiger partial charge is 0.251 e. The average Bonchev–Trinajstić information content (AvgIpc) is 3.52. The molecular formula is C27H23ClN4O2S. The highest BCUT2D eigenvalue weighted by Crippen LogP contribution is 2.29. The number of aromatic nitrogens is 3. The molecule has 0 atom stereocenters. The van der Waals surface area contributed by atoms with E-state index in [1.807, 2.05) is 72.9 Å². The second-order valence-corrected chi connectivity index (χ2v) is 9.36. The molecule has 0 fully saturated rings. The van der Waals surface area contributed by atoms with Crippen LogP contribution in [-0.4, -0.2) is 27.0 Å². The third kappa shape index (κ3) is 5.58. The molecule has 3 aromatic heterocycles. The van der Waals surface area contributed by atoms with Crippen molar-refractivity contribution in [2.75, 3.05) is 6.54 Å². The molecule has 8 heteroatoms. The van der Waals surface area contributed by atoms with Gasteiger partial charge in [-0.15, -0.1) is 0 Å². The summed E-state index contributed by atoms with van der Waals surface area (Å²) in [5, 5.41) is 4.58. The quantitative estimate of drug-likeness (QED) is 0.251. The molecule has 1 N–H and O–H groups in total. The predicted molar refractivity (Wildman–Crippen MR) is 139 cm³/mol. The number of carbonyl (C=O) groups excluding carboxylic acids is 1. The van der Waals surface area contributed by atoms with E-state index in [9.17, 15) is 4.79 Å². The van der Waals surface area contributed by atoms with Crippen LogP contribution in [0.4, 0.5) is 0 Å². The van der Waals surface area contributed by atoms with Crippen LogP contribution in [0.15, 0.2) is 95.0 Å². The molecule has 0 aliphatic heterocycles. The highest BCUT2D eigenvalue weighted by atomic mass is 35.5. The molecule has 0 radical (unpaired) electrons. The molecule has 0 aliphatic rings. The van der Waals surface area contributed by atoms with Crippen LogP contribution in [0.25, 0.3) is 11.0 Å². The molecule has 0 aliphatic carbocycles. The van der Waals surface area contributed by atoms with E-state index in [1.165, 1.54) is 0 Å². The number of halogens is 1. The van der Waals surface area contributed by atoms with E-state index in [4.69, 9.17) is 21.0 Å². The predicted octanol–water partition coefficient (Wildman–Crippen LogP) is 5.99. The maximum atomic E-state index is 12.5. The molecule has 3 heterocycles. The number of amides is 1. The summed E-state index contributed by atoms with van der Waals surface area (Å²) in [6.45, 7) is 1.14. The topological polar surface area (TPSA) is 73.0 Å². The summed E-state index contributed by atoms with van der Waals surface area (Å²) >= 11 is 7.99. The van der Waals surface area contributed by atoms with Gasteiger partial charge in [0.1, 0.15) is 5.76 Å². The van der Waals surface area contributed by atoms with E-state index < -0.39 is 0 Å². The summed E-state index contributed by atoms with van der Waals surface area (Å²) < 4.78 is 7.46. The normalized spacial score (nSPS) is 11.1. The van der Waals surface area contributed by atoms with Gasteiger partial charge in [-0.25, -0.2) is 4.98 Å². The van der Waals surface area contributed by atoms with Crippen molar-refractivity contribution >= 4 is 40.3 Å². The highest BCUT2D eigenvalue weighted by molar-refractivity contribution is 7.98. The number of fused-ring (bicyclic) bond motifs is 1. The van der Waals surface area contributed by atoms with Gasteiger partial charge in [-0.05, 0) is 47.5 Å². The second-order valence-electron chi connectivity index (χ2n) is 8.01. The fourth-order valence-electron chi connectivity index (χ4n) is 3.77. The van der Waals surface area contributed by atoms with Crippen LogP contribution in [0.1, 0.15) is 27.2 Å². The standard InChI is InChI=1S/C27H23ClN4O2S/c28-23-6-2-1-4-21(23)18-35-27-31-24-12-13-29-16-25(24)32(27)17-19-7-9-20(10-8-19)26(33)30-14-11-22-5-3-15-34-22/h1-10,12-13,15-16H,11,14,17-18H2,(H,30,33). The first-order chi connectivity index (χ1) is 17.2. The number of nitrogens with zero attached hydrogens (tertiary/aromatic N) is 3. The summed E-state index contributed by atoms with van der Waals surface area (Å²) in [4.78, 5) is 21.6. The molecule has 1 amide bonds. The SMILES string of the molecule is O=C(NCCc1ccco1)c1ccc(Cn2c(SCc3ccccc3Cl)nc3ccncc32)cc1. The van der Waals surface area contributed by atoms with Gasteiger partial charge in [0.05, 0.1) is 30.0 Å². The van der Waals surface area contributed by atoms with Crippen molar-refractivity contribution in [2.45, 2.75) is 23.9 Å². The largest absolute Gasteiger partial charge is 0.469 e. The molecule has 5 aromatic rings. The van der Waals surface area contributed by atoms with Crippen molar-refractivity contribution in [3.63, 3.8) is 0 Å². The van der Waals surface area contributed by atoms with Gasteiger partial charge in [0, 0.05) is 35.5 Å². The highest BCUT2D eigenvalue weighted by Gasteiger charge is 2.14. The second kappa shape index (κ2) is 10.8. The van der Waals surface area contributed by atoms with Crippen LogP contribution in [-0.2, 0) is 18.7 Å². The minimum atomic E-state index is -0.101. The number of rotatable bonds is 9. The zero-order chi connectivity index (χ0) is 24.0. The monoisotopic (exact) mass is 502 g/mol. The van der Waals surface area contributed by atoms with Crippen LogP contribution in [0, 0.1) is 0 Å². The Balaban J connectivity index is 1.29. The number of hydrogen-bond donors (Lipinski definition) is 1. The van der Waals surface area contributed by atoms with Crippen molar-refractivity contribution in [2.24, 2.45) is 0 Å². The lowest BCUT2D eigenvalue weighted by Crippen LogP contribution is -2.25. The van der Waals surface area contributed by atoms with Crippen LogP contribution >= 0.6 is 23.4 Å². The number of carbonyl (C=O) groups is 1.